The number of ether oxygens (including phenoxy) is 1. The van der Waals surface area contributed by atoms with Crippen molar-refractivity contribution in [2.45, 2.75) is 40.0 Å². The van der Waals surface area contributed by atoms with E-state index in [4.69, 9.17) is 4.74 Å². The summed E-state index contributed by atoms with van der Waals surface area (Å²) < 4.78 is 32.7. The highest BCUT2D eigenvalue weighted by Gasteiger charge is 2.39. The zero-order valence-corrected chi connectivity index (χ0v) is 16.7. The number of halogens is 2. The summed E-state index contributed by atoms with van der Waals surface area (Å²) >= 11 is 0. The number of hydrogen-bond acceptors (Lipinski definition) is 3. The predicted octanol–water partition coefficient (Wildman–Crippen LogP) is 5.84. The molecule has 0 saturated carbocycles. The zero-order chi connectivity index (χ0) is 21.1. The van der Waals surface area contributed by atoms with Crippen LogP contribution in [0.1, 0.15) is 26.5 Å². The van der Waals surface area contributed by atoms with E-state index in [1.165, 1.54) is 0 Å². The monoisotopic (exact) mass is 398 g/mol. The maximum Gasteiger partial charge on any atom is 0.387 e. The van der Waals surface area contributed by atoms with Gasteiger partial charge in [0.25, 0.3) is 0 Å². The van der Waals surface area contributed by atoms with Crippen LogP contribution in [0.3, 0.4) is 0 Å². The number of alkyl halides is 2. The fraction of sp³-hybridized carbons (Fsp3) is 0.304. The molecule has 1 atom stereocenters. The second kappa shape index (κ2) is 6.51. The summed E-state index contributed by atoms with van der Waals surface area (Å²) in [5.74, 6) is 0.130. The van der Waals surface area contributed by atoms with Crippen LogP contribution in [0.2, 0.25) is 0 Å². The quantitative estimate of drug-likeness (QED) is 0.660. The molecule has 0 spiro atoms. The molecule has 1 aromatic heterocycles. The second-order valence-corrected chi connectivity index (χ2v) is 8.54. The van der Waals surface area contributed by atoms with Crippen LogP contribution >= 0.6 is 0 Å². The summed E-state index contributed by atoms with van der Waals surface area (Å²) in [5.41, 5.74) is 3.80. The third-order valence-corrected chi connectivity index (χ3v) is 5.59. The minimum Gasteiger partial charge on any atom is -0.508 e. The standard InChI is InChI=1S/C23H24F2N2O2/c1-13-9-18-19-10-15-17(7-6-8-20(15)29-22(24)25)26(19)12-21(23(3,4)5)27(18)11-16(13)14(2)28/h6-11,21-22,28H,1-2,12H2,3-5H3. The van der Waals surface area contributed by atoms with Crippen LogP contribution in [0, 0.1) is 5.41 Å². The maximum atomic E-state index is 12.9. The van der Waals surface area contributed by atoms with Crippen molar-refractivity contribution in [2.24, 2.45) is 5.41 Å². The lowest BCUT2D eigenvalue weighted by Crippen LogP contribution is -2.47. The smallest absolute Gasteiger partial charge is 0.387 e. The van der Waals surface area contributed by atoms with Gasteiger partial charge in [-0.15, -0.1) is 0 Å². The molecule has 0 radical (unpaired) electrons. The molecule has 0 bridgehead atoms. The number of aliphatic hydroxyl groups is 1. The fourth-order valence-electron chi connectivity index (χ4n) is 4.15. The number of rotatable bonds is 3. The zero-order valence-electron chi connectivity index (χ0n) is 16.7. The summed E-state index contributed by atoms with van der Waals surface area (Å²) in [6.07, 6.45) is 3.79. The summed E-state index contributed by atoms with van der Waals surface area (Å²) in [6.45, 7) is 11.9. The van der Waals surface area contributed by atoms with Crippen molar-refractivity contribution < 1.29 is 18.6 Å². The summed E-state index contributed by atoms with van der Waals surface area (Å²) in [4.78, 5) is 2.13. The van der Waals surface area contributed by atoms with Gasteiger partial charge in [0.2, 0.25) is 0 Å². The molecule has 6 heteroatoms. The number of nitrogens with zero attached hydrogens (tertiary/aromatic N) is 2. The Morgan fingerprint density at radius 3 is 2.66 bits per heavy atom. The second-order valence-electron chi connectivity index (χ2n) is 8.54. The molecular formula is C23H24F2N2O2. The number of hydrogen-bond donors (Lipinski definition) is 1. The maximum absolute atomic E-state index is 12.9. The number of fused-ring (bicyclic) bond motifs is 5. The third-order valence-electron chi connectivity index (χ3n) is 5.59. The molecule has 4 rings (SSSR count). The minimum absolute atomic E-state index is 0.0308. The van der Waals surface area contributed by atoms with Crippen LogP contribution in [0.15, 0.2) is 66.6 Å². The number of aliphatic hydroxyl groups excluding tert-OH is 1. The predicted molar refractivity (Wildman–Crippen MR) is 111 cm³/mol. The molecule has 3 heterocycles. The lowest BCUT2D eigenvalue weighted by atomic mass is 9.83. The van der Waals surface area contributed by atoms with E-state index in [-0.39, 0.29) is 23.0 Å². The van der Waals surface area contributed by atoms with Crippen molar-refractivity contribution in [2.75, 3.05) is 0 Å². The highest BCUT2D eigenvalue weighted by Crippen LogP contribution is 2.44. The van der Waals surface area contributed by atoms with E-state index < -0.39 is 6.61 Å². The van der Waals surface area contributed by atoms with Gasteiger partial charge in [-0.3, -0.25) is 0 Å². The van der Waals surface area contributed by atoms with E-state index in [0.717, 1.165) is 16.9 Å². The molecule has 2 aromatic rings. The van der Waals surface area contributed by atoms with Crippen molar-refractivity contribution in [3.63, 3.8) is 0 Å². The van der Waals surface area contributed by atoms with Gasteiger partial charge >= 0.3 is 6.61 Å². The molecule has 1 unspecified atom stereocenters. The van der Waals surface area contributed by atoms with Crippen LogP contribution in [0.4, 0.5) is 8.78 Å². The first kappa shape index (κ1) is 19.3. The van der Waals surface area contributed by atoms with Gasteiger partial charge < -0.3 is 19.3 Å². The van der Waals surface area contributed by atoms with Crippen molar-refractivity contribution in [3.8, 4) is 5.75 Å². The highest BCUT2D eigenvalue weighted by atomic mass is 19.3. The Bertz CT molecular complexity index is 1090. The topological polar surface area (TPSA) is 37.6 Å². The normalized spacial score (nSPS) is 19.0. The summed E-state index contributed by atoms with van der Waals surface area (Å²) in [7, 11) is 0. The lowest BCUT2D eigenvalue weighted by Gasteiger charge is -2.46. The Kier molecular flexibility index (Phi) is 4.33. The Hall–Kier alpha value is -3.02. The minimum atomic E-state index is -2.88. The molecule has 0 aliphatic carbocycles. The highest BCUT2D eigenvalue weighted by molar-refractivity contribution is 5.92. The molecule has 0 amide bonds. The Morgan fingerprint density at radius 2 is 2.03 bits per heavy atom. The largest absolute Gasteiger partial charge is 0.508 e. The van der Waals surface area contributed by atoms with Gasteiger partial charge in [0.1, 0.15) is 11.5 Å². The number of benzene rings is 1. The molecule has 0 fully saturated rings. The van der Waals surface area contributed by atoms with Crippen molar-refractivity contribution in [1.29, 1.82) is 0 Å². The molecule has 152 valence electrons. The summed E-state index contributed by atoms with van der Waals surface area (Å²) in [5, 5.41) is 10.6. The van der Waals surface area contributed by atoms with E-state index in [0.29, 0.717) is 23.1 Å². The lowest BCUT2D eigenvalue weighted by molar-refractivity contribution is -0.0487. The molecular weight excluding hydrogens is 374 g/mol. The van der Waals surface area contributed by atoms with Crippen molar-refractivity contribution in [3.05, 3.63) is 72.3 Å². The van der Waals surface area contributed by atoms with Gasteiger partial charge in [0.15, 0.2) is 0 Å². The average Bonchev–Trinajstić information content (AvgIpc) is 2.99. The van der Waals surface area contributed by atoms with E-state index in [1.807, 2.05) is 24.4 Å². The van der Waals surface area contributed by atoms with Crippen LogP contribution in [0.5, 0.6) is 5.75 Å². The van der Waals surface area contributed by atoms with E-state index >= 15 is 0 Å². The summed E-state index contributed by atoms with van der Waals surface area (Å²) in [6, 6.07) is 7.15. The van der Waals surface area contributed by atoms with Gasteiger partial charge in [-0.25, -0.2) is 0 Å². The molecule has 1 N–H and O–H groups in total. The van der Waals surface area contributed by atoms with Gasteiger partial charge in [0, 0.05) is 23.7 Å². The average molecular weight is 398 g/mol. The number of aromatic nitrogens is 1. The van der Waals surface area contributed by atoms with Crippen LogP contribution in [-0.2, 0) is 6.54 Å². The van der Waals surface area contributed by atoms with E-state index in [1.54, 1.807) is 12.1 Å². The molecule has 2 aliphatic heterocycles. The van der Waals surface area contributed by atoms with Gasteiger partial charge in [-0.1, -0.05) is 40.0 Å². The first-order valence-electron chi connectivity index (χ1n) is 9.44. The van der Waals surface area contributed by atoms with Gasteiger partial charge in [0.05, 0.1) is 22.9 Å². The fourth-order valence-corrected chi connectivity index (χ4v) is 4.15. The molecule has 4 nitrogen and oxygen atoms in total. The van der Waals surface area contributed by atoms with Gasteiger partial charge in [-0.05, 0) is 35.3 Å². The van der Waals surface area contributed by atoms with Gasteiger partial charge in [-0.2, -0.15) is 8.78 Å². The van der Waals surface area contributed by atoms with Crippen molar-refractivity contribution >= 4 is 16.6 Å². The molecule has 0 saturated heterocycles. The molecule has 2 aliphatic rings. The molecule has 1 aromatic carbocycles. The van der Waals surface area contributed by atoms with Crippen LogP contribution in [0.25, 0.3) is 16.6 Å². The Labute approximate surface area is 168 Å². The van der Waals surface area contributed by atoms with Crippen molar-refractivity contribution in [1.82, 2.24) is 9.47 Å². The van der Waals surface area contributed by atoms with E-state index in [2.05, 4.69) is 43.4 Å². The van der Waals surface area contributed by atoms with Crippen LogP contribution in [-0.4, -0.2) is 27.2 Å². The SMILES string of the molecule is C=C(O)C1=CN2C(=CC1=C)c1cc3c(OC(F)F)cccc3n1CC2C(C)(C)C. The van der Waals surface area contributed by atoms with Crippen LogP contribution < -0.4 is 4.74 Å². The third kappa shape index (κ3) is 3.12. The molecule has 29 heavy (non-hydrogen) atoms. The van der Waals surface area contributed by atoms with E-state index in [9.17, 15) is 13.9 Å². The Morgan fingerprint density at radius 1 is 1.31 bits per heavy atom. The number of allylic oxidation sites excluding steroid dienone is 2. The first-order valence-corrected chi connectivity index (χ1v) is 9.44. The first-order chi connectivity index (χ1) is 13.6. The Balaban J connectivity index is 1.94.